The molecule has 204 valence electrons. The van der Waals surface area contributed by atoms with Crippen molar-refractivity contribution in [1.29, 1.82) is 5.26 Å². The Morgan fingerprint density at radius 3 is 2.59 bits per heavy atom. The summed E-state index contributed by atoms with van der Waals surface area (Å²) in [6.45, 7) is -0.381. The van der Waals surface area contributed by atoms with Gasteiger partial charge < -0.3 is 25.6 Å². The highest BCUT2D eigenvalue weighted by atomic mass is 32.1. The molecule has 3 unspecified atom stereocenters. The second kappa shape index (κ2) is 9.44. The molecule has 4 aromatic rings. The zero-order valence-corrected chi connectivity index (χ0v) is 21.2. The van der Waals surface area contributed by atoms with E-state index >= 15 is 4.39 Å². The number of nitriles is 1. The molecule has 2 aromatic heterocycles. The Balaban J connectivity index is 1.87. The molecule has 0 aliphatic heterocycles. The van der Waals surface area contributed by atoms with Crippen LogP contribution in [0.15, 0.2) is 18.2 Å². The number of nitrogen functional groups attached to an aromatic ring is 1. The molecule has 0 spiro atoms. The number of methoxy groups -OCH3 is 1. The van der Waals surface area contributed by atoms with Crippen LogP contribution in [0.3, 0.4) is 0 Å². The van der Waals surface area contributed by atoms with E-state index in [2.05, 4.69) is 9.97 Å². The average molecular weight is 566 g/mol. The quantitative estimate of drug-likeness (QED) is 0.303. The number of thiophene rings is 1. The van der Waals surface area contributed by atoms with Crippen molar-refractivity contribution in [2.24, 2.45) is 5.92 Å². The molecule has 0 radical (unpaired) electrons. The van der Waals surface area contributed by atoms with Gasteiger partial charge in [-0.25, -0.2) is 8.78 Å². The summed E-state index contributed by atoms with van der Waals surface area (Å²) in [6.07, 6.45) is -5.71. The number of aliphatic hydroxyl groups excluding tert-OH is 2. The summed E-state index contributed by atoms with van der Waals surface area (Å²) >= 11 is 0.672. The first-order chi connectivity index (χ1) is 18.4. The fourth-order valence-corrected chi connectivity index (χ4v) is 6.00. The highest BCUT2D eigenvalue weighted by Gasteiger charge is 2.44. The molecule has 5 rings (SSSR count). The standard InChI is InChI=1S/C25H20F5N5O3S/c1-35(15-6-16(37)12(15)8-36)23-10-5-13(25(28,29)30)18(19(27)20(10)33-24(34-23)38-2)9-3-4-14(26)21-17(9)11(7-31)22(32)39-21/h3-5,12,15-16,36-37H,6,8,32H2,1-2H3. The Bertz CT molecular complexity index is 1670. The van der Waals surface area contributed by atoms with Crippen LogP contribution in [-0.2, 0) is 6.18 Å². The molecule has 3 atom stereocenters. The maximum Gasteiger partial charge on any atom is 0.417 e. The summed E-state index contributed by atoms with van der Waals surface area (Å²) < 4.78 is 79.4. The number of nitrogens with two attached hydrogens (primary N) is 1. The van der Waals surface area contributed by atoms with Crippen molar-refractivity contribution in [2.45, 2.75) is 24.7 Å². The SMILES string of the molecule is COc1nc(N(C)C2CC(O)C2CO)c2cc(C(F)(F)F)c(-c3ccc(F)c4sc(N)c(C#N)c34)c(F)c2n1. The maximum absolute atomic E-state index is 16.3. The molecule has 0 amide bonds. The minimum absolute atomic E-state index is 0.107. The molecule has 2 heterocycles. The summed E-state index contributed by atoms with van der Waals surface area (Å²) in [6, 6.07) is 3.48. The van der Waals surface area contributed by atoms with Crippen molar-refractivity contribution in [2.75, 3.05) is 31.4 Å². The second-order valence-electron chi connectivity index (χ2n) is 9.12. The van der Waals surface area contributed by atoms with Crippen molar-refractivity contribution in [3.05, 3.63) is 41.0 Å². The van der Waals surface area contributed by atoms with Crippen LogP contribution in [-0.4, -0.2) is 53.1 Å². The minimum atomic E-state index is -5.09. The zero-order chi connectivity index (χ0) is 28.4. The molecule has 0 saturated heterocycles. The lowest BCUT2D eigenvalue weighted by Crippen LogP contribution is -2.56. The van der Waals surface area contributed by atoms with Gasteiger partial charge >= 0.3 is 12.2 Å². The predicted molar refractivity (Wildman–Crippen MR) is 134 cm³/mol. The van der Waals surface area contributed by atoms with Gasteiger partial charge in [0, 0.05) is 35.3 Å². The number of hydrogen-bond acceptors (Lipinski definition) is 9. The number of nitrogens with zero attached hydrogens (tertiary/aromatic N) is 4. The number of hydrogen-bond donors (Lipinski definition) is 3. The Morgan fingerprint density at radius 2 is 2.00 bits per heavy atom. The van der Waals surface area contributed by atoms with E-state index in [1.165, 1.54) is 19.1 Å². The molecule has 1 fully saturated rings. The normalized spacial score (nSPS) is 19.2. The van der Waals surface area contributed by atoms with Crippen LogP contribution < -0.4 is 15.4 Å². The third kappa shape index (κ3) is 4.08. The molecule has 1 saturated carbocycles. The number of benzene rings is 2. The van der Waals surface area contributed by atoms with Gasteiger partial charge in [0.05, 0.1) is 35.6 Å². The number of rotatable bonds is 5. The first kappa shape index (κ1) is 26.8. The van der Waals surface area contributed by atoms with Gasteiger partial charge in [0.15, 0.2) is 5.82 Å². The van der Waals surface area contributed by atoms with E-state index in [1.54, 1.807) is 6.07 Å². The van der Waals surface area contributed by atoms with Crippen LogP contribution in [0.25, 0.3) is 32.1 Å². The highest BCUT2D eigenvalue weighted by Crippen LogP contribution is 2.48. The van der Waals surface area contributed by atoms with Gasteiger partial charge in [-0.2, -0.15) is 28.4 Å². The van der Waals surface area contributed by atoms with Gasteiger partial charge in [-0.1, -0.05) is 6.07 Å². The van der Waals surface area contributed by atoms with E-state index in [-0.39, 0.29) is 56.5 Å². The first-order valence-electron chi connectivity index (χ1n) is 11.5. The summed E-state index contributed by atoms with van der Waals surface area (Å²) in [5, 5.41) is 28.6. The highest BCUT2D eigenvalue weighted by molar-refractivity contribution is 7.23. The number of anilines is 2. The summed E-state index contributed by atoms with van der Waals surface area (Å²) in [4.78, 5) is 9.60. The van der Waals surface area contributed by atoms with Gasteiger partial charge in [0.1, 0.15) is 28.2 Å². The number of alkyl halides is 3. The number of aromatic nitrogens is 2. The second-order valence-corrected chi connectivity index (χ2v) is 10.2. The van der Waals surface area contributed by atoms with Crippen molar-refractivity contribution >= 4 is 43.1 Å². The van der Waals surface area contributed by atoms with E-state index < -0.39 is 52.5 Å². The fraction of sp³-hybridized carbons (Fsp3) is 0.320. The van der Waals surface area contributed by atoms with Gasteiger partial charge in [-0.15, -0.1) is 11.3 Å². The van der Waals surface area contributed by atoms with Crippen molar-refractivity contribution in [3.8, 4) is 23.2 Å². The zero-order valence-electron chi connectivity index (χ0n) is 20.3. The topological polar surface area (TPSA) is 129 Å². The molecule has 0 bridgehead atoms. The van der Waals surface area contributed by atoms with E-state index in [0.29, 0.717) is 17.4 Å². The molecule has 39 heavy (non-hydrogen) atoms. The number of aliphatic hydroxyl groups is 2. The van der Waals surface area contributed by atoms with Crippen LogP contribution >= 0.6 is 11.3 Å². The number of ether oxygens (including phenoxy) is 1. The number of fused-ring (bicyclic) bond motifs is 2. The van der Waals surface area contributed by atoms with Crippen molar-refractivity contribution in [1.82, 2.24) is 9.97 Å². The molecule has 2 aromatic carbocycles. The largest absolute Gasteiger partial charge is 0.467 e. The molecule has 1 aliphatic carbocycles. The monoisotopic (exact) mass is 565 g/mol. The Labute approximate surface area is 221 Å². The van der Waals surface area contributed by atoms with E-state index in [1.807, 2.05) is 0 Å². The van der Waals surface area contributed by atoms with Crippen molar-refractivity contribution in [3.63, 3.8) is 0 Å². The van der Waals surface area contributed by atoms with Crippen LogP contribution in [0.4, 0.5) is 32.8 Å². The van der Waals surface area contributed by atoms with Gasteiger partial charge in [0.25, 0.3) is 0 Å². The molecule has 1 aliphatic rings. The maximum atomic E-state index is 16.3. The van der Waals surface area contributed by atoms with Crippen LogP contribution in [0.1, 0.15) is 17.5 Å². The minimum Gasteiger partial charge on any atom is -0.467 e. The first-order valence-corrected chi connectivity index (χ1v) is 12.3. The molecule has 14 heteroatoms. The summed E-state index contributed by atoms with van der Waals surface area (Å²) in [5.74, 6) is -2.91. The molecule has 4 N–H and O–H groups in total. The molecular formula is C25H20F5N5O3S. The average Bonchev–Trinajstić information content (AvgIpc) is 3.23. The van der Waals surface area contributed by atoms with Crippen LogP contribution in [0, 0.1) is 28.9 Å². The third-order valence-electron chi connectivity index (χ3n) is 7.09. The van der Waals surface area contributed by atoms with Crippen molar-refractivity contribution < 1.29 is 36.9 Å². The molecule has 8 nitrogen and oxygen atoms in total. The number of halogens is 5. The Morgan fingerprint density at radius 1 is 1.28 bits per heavy atom. The predicted octanol–water partition coefficient (Wildman–Crippen LogP) is 4.45. The van der Waals surface area contributed by atoms with E-state index in [9.17, 15) is 33.0 Å². The van der Waals surface area contributed by atoms with Crippen LogP contribution in [0.5, 0.6) is 6.01 Å². The van der Waals surface area contributed by atoms with E-state index in [4.69, 9.17) is 10.5 Å². The lowest BCUT2D eigenvalue weighted by Gasteiger charge is -2.46. The van der Waals surface area contributed by atoms with Gasteiger partial charge in [0.2, 0.25) is 0 Å². The summed E-state index contributed by atoms with van der Waals surface area (Å²) in [7, 11) is 2.70. The van der Waals surface area contributed by atoms with Gasteiger partial charge in [-0.3, -0.25) is 0 Å². The van der Waals surface area contributed by atoms with Crippen LogP contribution in [0.2, 0.25) is 0 Å². The molecular weight excluding hydrogens is 545 g/mol. The summed E-state index contributed by atoms with van der Waals surface area (Å²) in [5.41, 5.74) is 2.35. The lowest BCUT2D eigenvalue weighted by molar-refractivity contribution is -0.137. The lowest BCUT2D eigenvalue weighted by atomic mass is 9.76. The third-order valence-corrected chi connectivity index (χ3v) is 8.12. The van der Waals surface area contributed by atoms with E-state index in [0.717, 1.165) is 12.1 Å². The smallest absolute Gasteiger partial charge is 0.417 e. The Hall–Kier alpha value is -3.80. The Kier molecular flexibility index (Phi) is 6.48. The fourth-order valence-electron chi connectivity index (χ4n) is 5.05. The van der Waals surface area contributed by atoms with Gasteiger partial charge in [-0.05, 0) is 24.1 Å².